The van der Waals surface area contributed by atoms with Crippen molar-refractivity contribution in [3.05, 3.63) is 54.2 Å². The summed E-state index contributed by atoms with van der Waals surface area (Å²) in [4.78, 5) is 5.24. The molecule has 2 aromatic rings. The molecule has 22 heavy (non-hydrogen) atoms. The van der Waals surface area contributed by atoms with E-state index in [1.165, 1.54) is 12.1 Å². The molecule has 0 amide bonds. The molecule has 0 unspecified atom stereocenters. The lowest BCUT2D eigenvalue weighted by atomic mass is 10.4. The molecule has 0 atom stereocenters. The number of guanidine groups is 1. The lowest BCUT2D eigenvalue weighted by Gasteiger charge is -2.10. The van der Waals surface area contributed by atoms with Crippen molar-refractivity contribution in [2.75, 3.05) is 19.3 Å². The van der Waals surface area contributed by atoms with E-state index >= 15 is 0 Å². The molecule has 2 rings (SSSR count). The largest absolute Gasteiger partial charge is 0.467 e. The fourth-order valence-corrected chi connectivity index (χ4v) is 2.66. The number of furan rings is 1. The SMILES string of the molecule is CN=C(NCCCSc1ccc(F)cc1)NCc1ccco1. The lowest BCUT2D eigenvalue weighted by Crippen LogP contribution is -2.37. The number of thioether (sulfide) groups is 1. The molecule has 118 valence electrons. The van der Waals surface area contributed by atoms with Gasteiger partial charge in [-0.2, -0.15) is 0 Å². The molecule has 0 aliphatic carbocycles. The molecule has 0 radical (unpaired) electrons. The highest BCUT2D eigenvalue weighted by molar-refractivity contribution is 7.99. The van der Waals surface area contributed by atoms with Crippen LogP contribution in [0, 0.1) is 5.82 Å². The van der Waals surface area contributed by atoms with Gasteiger partial charge in [0.15, 0.2) is 5.96 Å². The predicted molar refractivity (Wildman–Crippen MR) is 88.7 cm³/mol. The third kappa shape index (κ3) is 5.81. The van der Waals surface area contributed by atoms with Crippen molar-refractivity contribution in [2.45, 2.75) is 17.9 Å². The number of hydrogen-bond acceptors (Lipinski definition) is 3. The average molecular weight is 321 g/mol. The topological polar surface area (TPSA) is 49.6 Å². The first-order valence-electron chi connectivity index (χ1n) is 7.13. The van der Waals surface area contributed by atoms with Gasteiger partial charge in [-0.05, 0) is 48.6 Å². The van der Waals surface area contributed by atoms with E-state index in [1.54, 1.807) is 37.2 Å². The molecule has 2 N–H and O–H groups in total. The molecule has 1 aromatic heterocycles. The molecule has 4 nitrogen and oxygen atoms in total. The zero-order chi connectivity index (χ0) is 15.6. The van der Waals surface area contributed by atoms with Crippen molar-refractivity contribution < 1.29 is 8.81 Å². The number of nitrogens with zero attached hydrogens (tertiary/aromatic N) is 1. The molecule has 6 heteroatoms. The summed E-state index contributed by atoms with van der Waals surface area (Å²) in [5.41, 5.74) is 0. The Morgan fingerprint density at radius 2 is 2.05 bits per heavy atom. The molecule has 0 aliphatic rings. The first kappa shape index (κ1) is 16.4. The summed E-state index contributed by atoms with van der Waals surface area (Å²) in [6, 6.07) is 10.4. The Kier molecular flexibility index (Phi) is 6.83. The Morgan fingerprint density at radius 3 is 2.73 bits per heavy atom. The molecule has 0 spiro atoms. The minimum atomic E-state index is -0.197. The van der Waals surface area contributed by atoms with Crippen LogP contribution < -0.4 is 10.6 Å². The average Bonchev–Trinajstić information content (AvgIpc) is 3.05. The zero-order valence-corrected chi connectivity index (χ0v) is 13.3. The van der Waals surface area contributed by atoms with E-state index < -0.39 is 0 Å². The van der Waals surface area contributed by atoms with Gasteiger partial charge in [-0.15, -0.1) is 11.8 Å². The maximum atomic E-state index is 12.8. The second-order valence-electron chi connectivity index (χ2n) is 4.59. The molecule has 0 bridgehead atoms. The van der Waals surface area contributed by atoms with E-state index in [2.05, 4.69) is 15.6 Å². The van der Waals surface area contributed by atoms with Gasteiger partial charge in [-0.25, -0.2) is 4.39 Å². The first-order chi connectivity index (χ1) is 10.8. The van der Waals surface area contributed by atoms with Crippen LogP contribution in [0.4, 0.5) is 4.39 Å². The van der Waals surface area contributed by atoms with Crippen LogP contribution in [0.5, 0.6) is 0 Å². The normalized spacial score (nSPS) is 11.5. The van der Waals surface area contributed by atoms with E-state index in [1.807, 2.05) is 12.1 Å². The molecule has 1 aromatic carbocycles. The minimum absolute atomic E-state index is 0.197. The van der Waals surface area contributed by atoms with Gasteiger partial charge >= 0.3 is 0 Å². The zero-order valence-electron chi connectivity index (χ0n) is 12.5. The van der Waals surface area contributed by atoms with Gasteiger partial charge in [-0.3, -0.25) is 4.99 Å². The summed E-state index contributed by atoms with van der Waals surface area (Å²) >= 11 is 1.72. The summed E-state index contributed by atoms with van der Waals surface area (Å²) in [5.74, 6) is 2.39. The molecular formula is C16H20FN3OS. The maximum Gasteiger partial charge on any atom is 0.191 e. The first-order valence-corrected chi connectivity index (χ1v) is 8.12. The van der Waals surface area contributed by atoms with Crippen LogP contribution in [0.15, 0.2) is 57.0 Å². The predicted octanol–water partition coefficient (Wildman–Crippen LogP) is 3.27. The lowest BCUT2D eigenvalue weighted by molar-refractivity contribution is 0.501. The summed E-state index contributed by atoms with van der Waals surface area (Å²) in [7, 11) is 1.74. The van der Waals surface area contributed by atoms with E-state index in [9.17, 15) is 4.39 Å². The summed E-state index contributed by atoms with van der Waals surface area (Å²) < 4.78 is 18.0. The Labute approximate surface area is 134 Å². The third-order valence-corrected chi connectivity index (χ3v) is 4.03. The second-order valence-corrected chi connectivity index (χ2v) is 5.76. The van der Waals surface area contributed by atoms with Crippen molar-refractivity contribution >= 4 is 17.7 Å². The number of benzene rings is 1. The maximum absolute atomic E-state index is 12.8. The van der Waals surface area contributed by atoms with E-state index in [0.29, 0.717) is 6.54 Å². The smallest absolute Gasteiger partial charge is 0.191 e. The van der Waals surface area contributed by atoms with E-state index in [-0.39, 0.29) is 5.82 Å². The van der Waals surface area contributed by atoms with Crippen molar-refractivity contribution in [1.82, 2.24) is 10.6 Å². The van der Waals surface area contributed by atoms with Gasteiger partial charge in [0.25, 0.3) is 0 Å². The summed E-state index contributed by atoms with van der Waals surface area (Å²) in [6.45, 7) is 1.43. The molecule has 0 fully saturated rings. The number of nitrogens with one attached hydrogen (secondary N) is 2. The van der Waals surface area contributed by atoms with Gasteiger partial charge in [0, 0.05) is 18.5 Å². The standard InChI is InChI=1S/C16H20FN3OS/c1-18-16(20-12-14-4-2-10-21-14)19-9-3-11-22-15-7-5-13(17)6-8-15/h2,4-8,10H,3,9,11-12H2,1H3,(H2,18,19,20). The van der Waals surface area contributed by atoms with Gasteiger partial charge < -0.3 is 15.1 Å². The Morgan fingerprint density at radius 1 is 1.23 bits per heavy atom. The van der Waals surface area contributed by atoms with Crippen molar-refractivity contribution in [2.24, 2.45) is 4.99 Å². The molecule has 0 saturated carbocycles. The van der Waals surface area contributed by atoms with Gasteiger partial charge in [-0.1, -0.05) is 0 Å². The van der Waals surface area contributed by atoms with Crippen LogP contribution in [0.25, 0.3) is 0 Å². The fourth-order valence-electron chi connectivity index (χ4n) is 1.80. The van der Waals surface area contributed by atoms with Crippen LogP contribution in [0.1, 0.15) is 12.2 Å². The highest BCUT2D eigenvalue weighted by Gasteiger charge is 2.00. The fraction of sp³-hybridized carbons (Fsp3) is 0.312. The van der Waals surface area contributed by atoms with Crippen molar-refractivity contribution in [1.29, 1.82) is 0 Å². The second kappa shape index (κ2) is 9.15. The van der Waals surface area contributed by atoms with E-state index in [0.717, 1.165) is 35.3 Å². The van der Waals surface area contributed by atoms with Gasteiger partial charge in [0.1, 0.15) is 11.6 Å². The van der Waals surface area contributed by atoms with E-state index in [4.69, 9.17) is 4.42 Å². The quantitative estimate of drug-likeness (QED) is 0.356. The molecular weight excluding hydrogens is 301 g/mol. The van der Waals surface area contributed by atoms with Crippen molar-refractivity contribution in [3.8, 4) is 0 Å². The van der Waals surface area contributed by atoms with Crippen LogP contribution in [-0.2, 0) is 6.54 Å². The van der Waals surface area contributed by atoms with Gasteiger partial charge in [0.05, 0.1) is 12.8 Å². The van der Waals surface area contributed by atoms with Crippen LogP contribution in [-0.4, -0.2) is 25.3 Å². The highest BCUT2D eigenvalue weighted by Crippen LogP contribution is 2.18. The molecule has 0 saturated heterocycles. The Bertz CT molecular complexity index is 570. The van der Waals surface area contributed by atoms with Crippen LogP contribution >= 0.6 is 11.8 Å². The van der Waals surface area contributed by atoms with Crippen molar-refractivity contribution in [3.63, 3.8) is 0 Å². The molecule has 0 aliphatic heterocycles. The highest BCUT2D eigenvalue weighted by atomic mass is 32.2. The Balaban J connectivity index is 1.59. The summed E-state index contributed by atoms with van der Waals surface area (Å²) in [5, 5.41) is 6.43. The Hall–Kier alpha value is -1.95. The summed E-state index contributed by atoms with van der Waals surface area (Å²) in [6.07, 6.45) is 2.64. The minimum Gasteiger partial charge on any atom is -0.467 e. The number of halogens is 1. The van der Waals surface area contributed by atoms with Crippen LogP contribution in [0.2, 0.25) is 0 Å². The molecule has 1 heterocycles. The van der Waals surface area contributed by atoms with Gasteiger partial charge in [0.2, 0.25) is 0 Å². The number of hydrogen-bond donors (Lipinski definition) is 2. The van der Waals surface area contributed by atoms with Crippen LogP contribution in [0.3, 0.4) is 0 Å². The monoisotopic (exact) mass is 321 g/mol. The third-order valence-electron chi connectivity index (χ3n) is 2.93. The number of rotatable bonds is 7. The number of aliphatic imine (C=N–C) groups is 1.